The van der Waals surface area contributed by atoms with Gasteiger partial charge in [-0.1, -0.05) is 66.7 Å². The van der Waals surface area contributed by atoms with Crippen LogP contribution in [0.3, 0.4) is 0 Å². The molecule has 0 saturated carbocycles. The highest BCUT2D eigenvalue weighted by Gasteiger charge is 2.23. The van der Waals surface area contributed by atoms with Crippen LogP contribution < -0.4 is 14.8 Å². The molecule has 1 amide bonds. The van der Waals surface area contributed by atoms with Gasteiger partial charge in [0.1, 0.15) is 30.9 Å². The number of carboxylic acids is 1. The van der Waals surface area contributed by atoms with Gasteiger partial charge in [-0.25, -0.2) is 13.6 Å². The van der Waals surface area contributed by atoms with Crippen LogP contribution in [0.2, 0.25) is 0 Å². The average molecular weight is 518 g/mol. The topological polar surface area (TPSA) is 84.9 Å². The SMILES string of the molecule is O=C(N[C@@H](Cc1ccc(OCc2ccccc2)c(OCc2ccccc2)c1)C(=O)O)c1ccc(F)cc1F. The van der Waals surface area contributed by atoms with E-state index in [1.165, 1.54) is 0 Å². The molecule has 0 spiro atoms. The molecular weight excluding hydrogens is 492 g/mol. The number of carbonyl (C=O) groups is 2. The lowest BCUT2D eigenvalue weighted by Crippen LogP contribution is -2.42. The molecule has 4 aromatic carbocycles. The van der Waals surface area contributed by atoms with Crippen molar-refractivity contribution < 1.29 is 33.0 Å². The molecule has 0 radical (unpaired) electrons. The molecular formula is C30H25F2NO5. The predicted molar refractivity (Wildman–Crippen MR) is 137 cm³/mol. The molecule has 38 heavy (non-hydrogen) atoms. The van der Waals surface area contributed by atoms with E-state index < -0.39 is 35.1 Å². The van der Waals surface area contributed by atoms with Crippen molar-refractivity contribution in [3.05, 3.63) is 131 Å². The van der Waals surface area contributed by atoms with Gasteiger partial charge < -0.3 is 19.9 Å². The summed E-state index contributed by atoms with van der Waals surface area (Å²) in [7, 11) is 0. The van der Waals surface area contributed by atoms with Gasteiger partial charge in [-0.15, -0.1) is 0 Å². The number of halogens is 2. The van der Waals surface area contributed by atoms with Crippen LogP contribution in [0.25, 0.3) is 0 Å². The molecule has 194 valence electrons. The second-order valence-electron chi connectivity index (χ2n) is 8.52. The van der Waals surface area contributed by atoms with Crippen molar-refractivity contribution >= 4 is 11.9 Å². The maximum Gasteiger partial charge on any atom is 0.326 e. The van der Waals surface area contributed by atoms with Crippen molar-refractivity contribution in [3.63, 3.8) is 0 Å². The van der Waals surface area contributed by atoms with Crippen molar-refractivity contribution in [1.29, 1.82) is 0 Å². The molecule has 0 bridgehead atoms. The Kier molecular flexibility index (Phi) is 8.66. The monoisotopic (exact) mass is 517 g/mol. The Balaban J connectivity index is 1.52. The van der Waals surface area contributed by atoms with E-state index in [1.54, 1.807) is 18.2 Å². The normalized spacial score (nSPS) is 11.4. The number of ether oxygens (including phenoxy) is 2. The van der Waals surface area contributed by atoms with Crippen LogP contribution in [-0.4, -0.2) is 23.0 Å². The summed E-state index contributed by atoms with van der Waals surface area (Å²) < 4.78 is 39.2. The Morgan fingerprint density at radius 1 is 0.737 bits per heavy atom. The minimum atomic E-state index is -1.37. The van der Waals surface area contributed by atoms with E-state index in [2.05, 4.69) is 5.32 Å². The molecule has 0 aliphatic carbocycles. The number of benzene rings is 4. The van der Waals surface area contributed by atoms with E-state index in [4.69, 9.17) is 9.47 Å². The summed E-state index contributed by atoms with van der Waals surface area (Å²) in [5.74, 6) is -3.31. The van der Waals surface area contributed by atoms with E-state index in [0.717, 1.165) is 23.3 Å². The quantitative estimate of drug-likeness (QED) is 0.273. The van der Waals surface area contributed by atoms with E-state index in [9.17, 15) is 23.5 Å². The first-order chi connectivity index (χ1) is 18.4. The Bertz CT molecular complexity index is 1400. The van der Waals surface area contributed by atoms with Crippen LogP contribution in [0.1, 0.15) is 27.0 Å². The number of carboxylic acid groups (broad SMARTS) is 1. The molecule has 0 aromatic heterocycles. The minimum Gasteiger partial charge on any atom is -0.485 e. The third kappa shape index (κ3) is 7.16. The number of hydrogen-bond acceptors (Lipinski definition) is 4. The van der Waals surface area contributed by atoms with Gasteiger partial charge in [-0.05, 0) is 41.0 Å². The van der Waals surface area contributed by atoms with Crippen LogP contribution in [0, 0.1) is 11.6 Å². The van der Waals surface area contributed by atoms with Crippen LogP contribution in [0.15, 0.2) is 97.1 Å². The summed E-state index contributed by atoms with van der Waals surface area (Å²) in [6, 6.07) is 25.2. The summed E-state index contributed by atoms with van der Waals surface area (Å²) in [5, 5.41) is 12.0. The smallest absolute Gasteiger partial charge is 0.326 e. The van der Waals surface area contributed by atoms with Gasteiger partial charge in [0.2, 0.25) is 0 Å². The Labute approximate surface area is 218 Å². The number of amides is 1. The fraction of sp³-hybridized carbons (Fsp3) is 0.133. The fourth-order valence-corrected chi connectivity index (χ4v) is 3.73. The molecule has 4 rings (SSSR count). The van der Waals surface area contributed by atoms with Crippen LogP contribution in [0.5, 0.6) is 11.5 Å². The van der Waals surface area contributed by atoms with Crippen molar-refractivity contribution in [1.82, 2.24) is 5.32 Å². The molecule has 0 fully saturated rings. The van der Waals surface area contributed by atoms with Gasteiger partial charge in [-0.3, -0.25) is 4.79 Å². The maximum atomic E-state index is 14.0. The maximum absolute atomic E-state index is 14.0. The highest BCUT2D eigenvalue weighted by atomic mass is 19.1. The summed E-state index contributed by atoms with van der Waals surface area (Å²) in [6.07, 6.45) is -0.107. The molecule has 1 atom stereocenters. The van der Waals surface area contributed by atoms with Gasteiger partial charge in [0.25, 0.3) is 5.91 Å². The first-order valence-corrected chi connectivity index (χ1v) is 11.8. The van der Waals surface area contributed by atoms with E-state index in [0.29, 0.717) is 29.7 Å². The lowest BCUT2D eigenvalue weighted by Gasteiger charge is -2.18. The number of aliphatic carboxylic acids is 1. The largest absolute Gasteiger partial charge is 0.485 e. The first-order valence-electron chi connectivity index (χ1n) is 11.8. The average Bonchev–Trinajstić information content (AvgIpc) is 2.92. The predicted octanol–water partition coefficient (Wildman–Crippen LogP) is 5.55. The highest BCUT2D eigenvalue weighted by molar-refractivity contribution is 5.96. The van der Waals surface area contributed by atoms with Crippen LogP contribution in [0.4, 0.5) is 8.78 Å². The summed E-state index contributed by atoms with van der Waals surface area (Å²) in [4.78, 5) is 24.4. The number of carbonyl (C=O) groups excluding carboxylic acids is 1. The van der Waals surface area contributed by atoms with Crippen molar-refractivity contribution in [2.45, 2.75) is 25.7 Å². The first kappa shape index (κ1) is 26.3. The van der Waals surface area contributed by atoms with Crippen LogP contribution in [-0.2, 0) is 24.4 Å². The molecule has 6 nitrogen and oxygen atoms in total. The standard InChI is InChI=1S/C30H25F2NO5/c31-23-12-13-24(25(32)17-23)29(34)33-26(30(35)36)15-22-11-14-27(37-18-20-7-3-1-4-8-20)28(16-22)38-19-21-9-5-2-6-10-21/h1-14,16-17,26H,15,18-19H2,(H,33,34)(H,35,36)/t26-/m0/s1. The summed E-state index contributed by atoms with van der Waals surface area (Å²) >= 11 is 0. The van der Waals surface area contributed by atoms with Gasteiger partial charge in [0.05, 0.1) is 5.56 Å². The van der Waals surface area contributed by atoms with Gasteiger partial charge in [-0.2, -0.15) is 0 Å². The number of hydrogen-bond donors (Lipinski definition) is 2. The van der Waals surface area contributed by atoms with Gasteiger partial charge in [0, 0.05) is 12.5 Å². The minimum absolute atomic E-state index is 0.107. The van der Waals surface area contributed by atoms with E-state index >= 15 is 0 Å². The molecule has 0 heterocycles. The number of rotatable bonds is 11. The second kappa shape index (κ2) is 12.5. The Hall–Kier alpha value is -4.72. The molecule has 0 aliphatic rings. The fourth-order valence-electron chi connectivity index (χ4n) is 3.73. The zero-order valence-corrected chi connectivity index (χ0v) is 20.3. The lowest BCUT2D eigenvalue weighted by atomic mass is 10.0. The zero-order valence-electron chi connectivity index (χ0n) is 20.3. The van der Waals surface area contributed by atoms with Crippen molar-refractivity contribution in [2.75, 3.05) is 0 Å². The second-order valence-corrected chi connectivity index (χ2v) is 8.52. The Morgan fingerprint density at radius 3 is 1.92 bits per heavy atom. The molecule has 8 heteroatoms. The van der Waals surface area contributed by atoms with Gasteiger partial charge >= 0.3 is 5.97 Å². The van der Waals surface area contributed by atoms with Crippen LogP contribution >= 0.6 is 0 Å². The molecule has 0 unspecified atom stereocenters. The van der Waals surface area contributed by atoms with Gasteiger partial charge in [0.15, 0.2) is 11.5 Å². The Morgan fingerprint density at radius 2 is 1.34 bits per heavy atom. The molecule has 0 saturated heterocycles. The third-order valence-corrected chi connectivity index (χ3v) is 5.70. The number of nitrogens with one attached hydrogen (secondary N) is 1. The third-order valence-electron chi connectivity index (χ3n) is 5.70. The van der Waals surface area contributed by atoms with E-state index in [-0.39, 0.29) is 13.0 Å². The van der Waals surface area contributed by atoms with Crippen molar-refractivity contribution in [2.24, 2.45) is 0 Å². The molecule has 2 N–H and O–H groups in total. The van der Waals surface area contributed by atoms with E-state index in [1.807, 2.05) is 60.7 Å². The summed E-state index contributed by atoms with van der Waals surface area (Å²) in [5.41, 5.74) is 2.00. The highest BCUT2D eigenvalue weighted by Crippen LogP contribution is 2.30. The molecule has 0 aliphatic heterocycles. The molecule has 4 aromatic rings. The van der Waals surface area contributed by atoms with Crippen molar-refractivity contribution in [3.8, 4) is 11.5 Å². The lowest BCUT2D eigenvalue weighted by molar-refractivity contribution is -0.139. The zero-order chi connectivity index (χ0) is 26.9. The summed E-state index contributed by atoms with van der Waals surface area (Å²) in [6.45, 7) is 0.563.